The van der Waals surface area contributed by atoms with Gasteiger partial charge in [-0.1, -0.05) is 41.6 Å². The number of hydrogen-bond acceptors (Lipinski definition) is 7. The van der Waals surface area contributed by atoms with E-state index in [1.807, 2.05) is 42.3 Å². The number of benzene rings is 3. The van der Waals surface area contributed by atoms with Crippen LogP contribution in [-0.4, -0.2) is 52.8 Å². The highest BCUT2D eigenvalue weighted by molar-refractivity contribution is 5.86. The number of unbranched alkanes of at least 4 members (excludes halogenated alkanes) is 1. The second kappa shape index (κ2) is 13.6. The third-order valence-electron chi connectivity index (χ3n) is 8.68. The summed E-state index contributed by atoms with van der Waals surface area (Å²) in [6, 6.07) is 16.4. The molecule has 48 heavy (non-hydrogen) atoms. The number of anilines is 1. The number of fused-ring (bicyclic) bond motifs is 1. The minimum Gasteiger partial charge on any atom is -0.367 e. The molecule has 5 aromatic rings. The maximum Gasteiger partial charge on any atom is 0.416 e. The lowest BCUT2D eigenvalue weighted by Crippen LogP contribution is -2.44. The SMILES string of the molecule is CN1CCN(c2cc3c(cc2F)c(=O)c(-c2noc(C(CCCC#N)c4ccccc4)n2)cn3Cc2ccc(C(F)(F)F)cc2F)CC1. The van der Waals surface area contributed by atoms with Gasteiger partial charge in [0.15, 0.2) is 0 Å². The molecule has 8 nitrogen and oxygen atoms in total. The molecule has 1 aliphatic rings. The quantitative estimate of drug-likeness (QED) is 0.124. The number of aromatic nitrogens is 3. The van der Waals surface area contributed by atoms with Crippen LogP contribution in [0.4, 0.5) is 27.6 Å². The van der Waals surface area contributed by atoms with Crippen molar-refractivity contribution < 1.29 is 26.5 Å². The van der Waals surface area contributed by atoms with Gasteiger partial charge in [0.2, 0.25) is 17.1 Å². The Morgan fingerprint density at radius 2 is 1.75 bits per heavy atom. The van der Waals surface area contributed by atoms with Crippen molar-refractivity contribution in [2.24, 2.45) is 0 Å². The summed E-state index contributed by atoms with van der Waals surface area (Å²) in [5.41, 5.74) is -0.449. The normalized spacial score (nSPS) is 14.7. The molecule has 0 radical (unpaired) electrons. The summed E-state index contributed by atoms with van der Waals surface area (Å²) in [7, 11) is 1.96. The van der Waals surface area contributed by atoms with Gasteiger partial charge in [0.1, 0.15) is 11.6 Å². The second-order valence-corrected chi connectivity index (χ2v) is 11.9. The molecule has 0 saturated carbocycles. The topological polar surface area (TPSA) is 91.2 Å². The molecule has 0 aliphatic carbocycles. The van der Waals surface area contributed by atoms with E-state index in [1.165, 1.54) is 16.8 Å². The first kappa shape index (κ1) is 32.8. The average molecular weight is 663 g/mol. The van der Waals surface area contributed by atoms with Gasteiger partial charge in [-0.2, -0.15) is 23.4 Å². The highest BCUT2D eigenvalue weighted by atomic mass is 19.4. The summed E-state index contributed by atoms with van der Waals surface area (Å²) in [6.07, 6.45) is -1.93. The predicted octanol–water partition coefficient (Wildman–Crippen LogP) is 6.97. The van der Waals surface area contributed by atoms with Gasteiger partial charge in [-0.05, 0) is 49.7 Å². The van der Waals surface area contributed by atoms with Gasteiger partial charge in [0.25, 0.3) is 0 Å². The molecule has 3 aromatic carbocycles. The van der Waals surface area contributed by atoms with E-state index in [-0.39, 0.29) is 51.9 Å². The Hall–Kier alpha value is -5.09. The van der Waals surface area contributed by atoms with Gasteiger partial charge in [-0.15, -0.1) is 0 Å². The van der Waals surface area contributed by atoms with Crippen LogP contribution in [0.1, 0.15) is 47.8 Å². The summed E-state index contributed by atoms with van der Waals surface area (Å²) in [5, 5.41) is 13.1. The van der Waals surface area contributed by atoms with Crippen LogP contribution in [0.5, 0.6) is 0 Å². The van der Waals surface area contributed by atoms with E-state index < -0.39 is 28.8 Å². The molecule has 248 valence electrons. The summed E-state index contributed by atoms with van der Waals surface area (Å²) in [4.78, 5) is 22.5. The Bertz CT molecular complexity index is 2030. The number of piperazine rings is 1. The van der Waals surface area contributed by atoms with Crippen molar-refractivity contribution in [1.82, 2.24) is 19.6 Å². The van der Waals surface area contributed by atoms with Gasteiger partial charge in [0.05, 0.1) is 40.9 Å². The number of alkyl halides is 3. The summed E-state index contributed by atoms with van der Waals surface area (Å²) >= 11 is 0. The van der Waals surface area contributed by atoms with Crippen LogP contribution in [0.3, 0.4) is 0 Å². The molecule has 0 spiro atoms. The Morgan fingerprint density at radius 1 is 1.00 bits per heavy atom. The molecule has 1 fully saturated rings. The summed E-state index contributed by atoms with van der Waals surface area (Å²) in [6.45, 7) is 2.20. The lowest BCUT2D eigenvalue weighted by atomic mass is 9.93. The minimum absolute atomic E-state index is 0.0322. The number of rotatable bonds is 9. The van der Waals surface area contributed by atoms with Crippen molar-refractivity contribution in [1.29, 1.82) is 5.26 Å². The van der Waals surface area contributed by atoms with Crippen LogP contribution in [0, 0.1) is 23.0 Å². The van der Waals surface area contributed by atoms with Crippen LogP contribution < -0.4 is 10.3 Å². The highest BCUT2D eigenvalue weighted by Gasteiger charge is 2.31. The first-order chi connectivity index (χ1) is 23.0. The zero-order valence-corrected chi connectivity index (χ0v) is 26.0. The molecule has 1 saturated heterocycles. The maximum absolute atomic E-state index is 15.7. The average Bonchev–Trinajstić information content (AvgIpc) is 3.55. The molecule has 3 heterocycles. The summed E-state index contributed by atoms with van der Waals surface area (Å²) < 4.78 is 77.8. The number of nitriles is 1. The molecule has 2 aromatic heterocycles. The van der Waals surface area contributed by atoms with Crippen molar-refractivity contribution in [3.05, 3.63) is 111 Å². The molecule has 1 atom stereocenters. The van der Waals surface area contributed by atoms with E-state index in [0.717, 1.165) is 23.8 Å². The third kappa shape index (κ3) is 6.80. The minimum atomic E-state index is -4.73. The molecule has 1 unspecified atom stereocenters. The Morgan fingerprint density at radius 3 is 2.44 bits per heavy atom. The van der Waals surface area contributed by atoms with Crippen molar-refractivity contribution in [3.8, 4) is 17.5 Å². The standard InChI is InChI=1S/C35H31F5N6O2/c1-44-13-15-45(16-14-44)31-19-30-26(18-29(31)37)32(47)27(21-46(30)20-23-10-11-24(17-28(23)36)35(38,39)40)33-42-34(48-43-33)25(9-5-6-12-41)22-7-3-2-4-8-22/h2-4,7-8,10-11,17-19,21,25H,5-6,9,13-16,20H2,1H3. The molecular formula is C35H31F5N6O2. The smallest absolute Gasteiger partial charge is 0.367 e. The zero-order valence-electron chi connectivity index (χ0n) is 26.0. The number of hydrogen-bond donors (Lipinski definition) is 0. The predicted molar refractivity (Wildman–Crippen MR) is 169 cm³/mol. The van der Waals surface area contributed by atoms with E-state index >= 15 is 8.78 Å². The molecule has 0 bridgehead atoms. The van der Waals surface area contributed by atoms with Gasteiger partial charge >= 0.3 is 6.18 Å². The third-order valence-corrected chi connectivity index (χ3v) is 8.68. The lowest BCUT2D eigenvalue weighted by Gasteiger charge is -2.34. The molecule has 6 rings (SSSR count). The van der Waals surface area contributed by atoms with Gasteiger partial charge in [-0.3, -0.25) is 4.79 Å². The first-order valence-corrected chi connectivity index (χ1v) is 15.4. The van der Waals surface area contributed by atoms with E-state index in [1.54, 1.807) is 0 Å². The molecule has 13 heteroatoms. The molecule has 1 aliphatic heterocycles. The van der Waals surface area contributed by atoms with Crippen LogP contribution in [0.2, 0.25) is 0 Å². The highest BCUT2D eigenvalue weighted by Crippen LogP contribution is 2.33. The Balaban J connectivity index is 1.47. The largest absolute Gasteiger partial charge is 0.416 e. The molecule has 0 amide bonds. The first-order valence-electron chi connectivity index (χ1n) is 15.4. The van der Waals surface area contributed by atoms with Crippen molar-refractivity contribution in [2.45, 2.75) is 37.9 Å². The van der Waals surface area contributed by atoms with E-state index in [0.29, 0.717) is 51.5 Å². The van der Waals surface area contributed by atoms with E-state index in [4.69, 9.17) is 9.78 Å². The van der Waals surface area contributed by atoms with Crippen molar-refractivity contribution in [2.75, 3.05) is 38.1 Å². The molecular weight excluding hydrogens is 631 g/mol. The van der Waals surface area contributed by atoms with Crippen LogP contribution in [0.25, 0.3) is 22.3 Å². The van der Waals surface area contributed by atoms with Gasteiger partial charge in [-0.25, -0.2) is 8.78 Å². The fourth-order valence-corrected chi connectivity index (χ4v) is 6.00. The van der Waals surface area contributed by atoms with E-state index in [2.05, 4.69) is 21.1 Å². The van der Waals surface area contributed by atoms with Crippen molar-refractivity contribution >= 4 is 16.6 Å². The summed E-state index contributed by atoms with van der Waals surface area (Å²) in [5.74, 6) is -1.93. The van der Waals surface area contributed by atoms with E-state index in [9.17, 15) is 18.0 Å². The molecule has 0 N–H and O–H groups in total. The number of nitrogens with zero attached hydrogens (tertiary/aromatic N) is 6. The Kier molecular flexibility index (Phi) is 9.28. The number of halogens is 5. The fraction of sp³-hybridized carbons (Fsp3) is 0.314. The number of pyridine rings is 1. The monoisotopic (exact) mass is 662 g/mol. The second-order valence-electron chi connectivity index (χ2n) is 11.9. The zero-order chi connectivity index (χ0) is 34.0. The van der Waals surface area contributed by atoms with Gasteiger partial charge < -0.3 is 18.9 Å². The lowest BCUT2D eigenvalue weighted by molar-refractivity contribution is -0.137. The van der Waals surface area contributed by atoms with Crippen LogP contribution in [-0.2, 0) is 12.7 Å². The Labute approximate surface area is 272 Å². The van der Waals surface area contributed by atoms with Crippen LogP contribution in [0.15, 0.2) is 76.2 Å². The van der Waals surface area contributed by atoms with Crippen LogP contribution >= 0.6 is 0 Å². The number of likely N-dealkylation sites (N-methyl/N-ethyl adjacent to an activating group) is 1. The van der Waals surface area contributed by atoms with Crippen molar-refractivity contribution in [3.63, 3.8) is 0 Å². The maximum atomic E-state index is 15.7. The van der Waals surface area contributed by atoms with Gasteiger partial charge in [0, 0.05) is 49.7 Å². The fourth-order valence-electron chi connectivity index (χ4n) is 6.00.